The molecule has 172 valence electrons. The van der Waals surface area contributed by atoms with Gasteiger partial charge in [0.05, 0.1) is 0 Å². The highest BCUT2D eigenvalue weighted by atomic mass is 32.1. The van der Waals surface area contributed by atoms with Crippen LogP contribution in [0.15, 0.2) is 48.7 Å². The van der Waals surface area contributed by atoms with Crippen LogP contribution in [0.5, 0.6) is 0 Å². The molecule has 0 saturated carbocycles. The molecule has 0 fully saturated rings. The van der Waals surface area contributed by atoms with Crippen molar-refractivity contribution in [2.75, 3.05) is 31.5 Å². The molecule has 0 aliphatic carbocycles. The van der Waals surface area contributed by atoms with Crippen LogP contribution in [0, 0.1) is 13.8 Å². The zero-order valence-corrected chi connectivity index (χ0v) is 21.1. The molecule has 0 aliphatic heterocycles. The van der Waals surface area contributed by atoms with Gasteiger partial charge in [0, 0.05) is 42.4 Å². The monoisotopic (exact) mass is 450 g/mol. The minimum atomic E-state index is 0.798. The van der Waals surface area contributed by atoms with Gasteiger partial charge >= 0.3 is 0 Å². The van der Waals surface area contributed by atoms with Gasteiger partial charge in [-0.05, 0) is 87.9 Å². The van der Waals surface area contributed by atoms with Gasteiger partial charge in [-0.3, -0.25) is 0 Å². The van der Waals surface area contributed by atoms with Crippen LogP contribution in [-0.2, 0) is 13.1 Å². The first-order valence-electron chi connectivity index (χ1n) is 11.9. The van der Waals surface area contributed by atoms with Crippen LogP contribution in [0.4, 0.5) is 5.69 Å². The van der Waals surface area contributed by atoms with E-state index in [0.29, 0.717) is 0 Å². The fraction of sp³-hybridized carbons (Fsp3) is 0.444. The fourth-order valence-electron chi connectivity index (χ4n) is 4.26. The van der Waals surface area contributed by atoms with Gasteiger partial charge in [0.25, 0.3) is 0 Å². The molecule has 32 heavy (non-hydrogen) atoms. The fourth-order valence-corrected chi connectivity index (χ4v) is 4.52. The van der Waals surface area contributed by atoms with E-state index in [-0.39, 0.29) is 0 Å². The highest BCUT2D eigenvalue weighted by Gasteiger charge is 2.16. The number of nitrogens with one attached hydrogen (secondary N) is 1. The number of hydrogen-bond donors (Lipinski definition) is 1. The number of fused-ring (bicyclic) bond motifs is 1. The van der Waals surface area contributed by atoms with Crippen molar-refractivity contribution in [3.63, 3.8) is 0 Å². The summed E-state index contributed by atoms with van der Waals surface area (Å²) in [4.78, 5) is 4.81. The lowest BCUT2D eigenvalue weighted by Crippen LogP contribution is -2.37. The molecule has 0 unspecified atom stereocenters. The third-order valence-corrected chi connectivity index (χ3v) is 6.65. The Balaban J connectivity index is 1.83. The molecular formula is C27H38N4S. The van der Waals surface area contributed by atoms with Gasteiger partial charge in [0.1, 0.15) is 0 Å². The summed E-state index contributed by atoms with van der Waals surface area (Å²) < 4.78 is 2.33. The summed E-state index contributed by atoms with van der Waals surface area (Å²) in [6.07, 6.45) is 3.38. The normalized spacial score (nSPS) is 11.3. The summed E-state index contributed by atoms with van der Waals surface area (Å²) in [5.41, 5.74) is 6.17. The smallest absolute Gasteiger partial charge is 0.173 e. The number of para-hydroxylation sites is 1. The number of nitrogens with zero attached hydrogens (tertiary/aromatic N) is 3. The SMILES string of the molecule is CCN(CC)CCCN(Cc1cn(CC)c2ccccc12)C(=S)Nc1cc(C)ccc1C. The zero-order valence-electron chi connectivity index (χ0n) is 20.3. The quantitative estimate of drug-likeness (QED) is 0.371. The Morgan fingerprint density at radius 2 is 1.75 bits per heavy atom. The molecule has 3 rings (SSSR count). The second-order valence-corrected chi connectivity index (χ2v) is 8.89. The van der Waals surface area contributed by atoms with Gasteiger partial charge in [0.15, 0.2) is 5.11 Å². The molecule has 1 aromatic heterocycles. The highest BCUT2D eigenvalue weighted by Crippen LogP contribution is 2.24. The Kier molecular flexibility index (Phi) is 8.71. The van der Waals surface area contributed by atoms with Crippen LogP contribution in [0.2, 0.25) is 0 Å². The molecule has 0 atom stereocenters. The van der Waals surface area contributed by atoms with Crippen molar-refractivity contribution in [1.82, 2.24) is 14.4 Å². The first-order chi connectivity index (χ1) is 15.5. The topological polar surface area (TPSA) is 23.4 Å². The maximum absolute atomic E-state index is 5.95. The van der Waals surface area contributed by atoms with Crippen LogP contribution in [-0.4, -0.2) is 45.7 Å². The van der Waals surface area contributed by atoms with Crippen LogP contribution >= 0.6 is 12.2 Å². The average Bonchev–Trinajstić information content (AvgIpc) is 3.16. The summed E-state index contributed by atoms with van der Waals surface area (Å²) in [5.74, 6) is 0. The van der Waals surface area contributed by atoms with Gasteiger partial charge in [-0.2, -0.15) is 0 Å². The molecule has 1 N–H and O–H groups in total. The number of benzene rings is 2. The van der Waals surface area contributed by atoms with Crippen molar-refractivity contribution in [2.24, 2.45) is 0 Å². The van der Waals surface area contributed by atoms with Crippen molar-refractivity contribution in [3.8, 4) is 0 Å². The van der Waals surface area contributed by atoms with Crippen LogP contribution in [0.3, 0.4) is 0 Å². The van der Waals surface area contributed by atoms with E-state index in [9.17, 15) is 0 Å². The molecule has 0 saturated heterocycles. The molecule has 0 bridgehead atoms. The molecule has 3 aromatic rings. The van der Waals surface area contributed by atoms with Crippen molar-refractivity contribution < 1.29 is 0 Å². The van der Waals surface area contributed by atoms with Gasteiger partial charge in [-0.1, -0.05) is 44.2 Å². The van der Waals surface area contributed by atoms with E-state index in [1.54, 1.807) is 0 Å². The first kappa shape index (κ1) is 24.3. The summed E-state index contributed by atoms with van der Waals surface area (Å²) in [6, 6.07) is 15.2. The lowest BCUT2D eigenvalue weighted by Gasteiger charge is -2.28. The van der Waals surface area contributed by atoms with Crippen molar-refractivity contribution in [2.45, 2.75) is 54.1 Å². The molecule has 4 nitrogen and oxygen atoms in total. The van der Waals surface area contributed by atoms with Crippen LogP contribution < -0.4 is 5.32 Å². The molecule has 0 amide bonds. The van der Waals surface area contributed by atoms with Gasteiger partial charge in [0.2, 0.25) is 0 Å². The van der Waals surface area contributed by atoms with Crippen molar-refractivity contribution in [3.05, 3.63) is 65.4 Å². The van der Waals surface area contributed by atoms with Crippen LogP contribution in [0.25, 0.3) is 10.9 Å². The van der Waals surface area contributed by atoms with E-state index in [1.807, 2.05) is 0 Å². The van der Waals surface area contributed by atoms with E-state index >= 15 is 0 Å². The number of thiocarbonyl (C=S) groups is 1. The Bertz CT molecular complexity index is 1040. The van der Waals surface area contributed by atoms with E-state index in [4.69, 9.17) is 12.2 Å². The largest absolute Gasteiger partial charge is 0.347 e. The van der Waals surface area contributed by atoms with E-state index in [0.717, 1.165) is 56.5 Å². The predicted molar refractivity (Wildman–Crippen MR) is 143 cm³/mol. The minimum absolute atomic E-state index is 0.798. The second kappa shape index (κ2) is 11.5. The number of aryl methyl sites for hydroxylation is 3. The average molecular weight is 451 g/mol. The number of rotatable bonds is 10. The summed E-state index contributed by atoms with van der Waals surface area (Å²) in [7, 11) is 0. The summed E-state index contributed by atoms with van der Waals surface area (Å²) >= 11 is 5.95. The molecule has 1 heterocycles. The second-order valence-electron chi connectivity index (χ2n) is 8.51. The third-order valence-electron chi connectivity index (χ3n) is 6.29. The third kappa shape index (κ3) is 5.90. The maximum atomic E-state index is 5.95. The van der Waals surface area contributed by atoms with Gasteiger partial charge in [-0.25, -0.2) is 0 Å². The van der Waals surface area contributed by atoms with Crippen molar-refractivity contribution >= 4 is 33.9 Å². The van der Waals surface area contributed by atoms with E-state index in [1.165, 1.54) is 27.6 Å². The van der Waals surface area contributed by atoms with E-state index in [2.05, 4.69) is 103 Å². The lowest BCUT2D eigenvalue weighted by atomic mass is 10.1. The number of hydrogen-bond acceptors (Lipinski definition) is 2. The Labute approximate surface area is 199 Å². The van der Waals surface area contributed by atoms with Crippen LogP contribution in [0.1, 0.15) is 43.9 Å². The summed E-state index contributed by atoms with van der Waals surface area (Å²) in [6.45, 7) is 16.9. The molecule has 0 radical (unpaired) electrons. The molecule has 0 aliphatic rings. The number of aromatic nitrogens is 1. The first-order valence-corrected chi connectivity index (χ1v) is 12.3. The maximum Gasteiger partial charge on any atom is 0.173 e. The molecule has 0 spiro atoms. The highest BCUT2D eigenvalue weighted by molar-refractivity contribution is 7.80. The van der Waals surface area contributed by atoms with E-state index < -0.39 is 0 Å². The van der Waals surface area contributed by atoms with Crippen molar-refractivity contribution in [1.29, 1.82) is 0 Å². The lowest BCUT2D eigenvalue weighted by molar-refractivity contribution is 0.281. The Morgan fingerprint density at radius 1 is 1.00 bits per heavy atom. The molecule has 2 aromatic carbocycles. The summed E-state index contributed by atoms with van der Waals surface area (Å²) in [5, 5.41) is 5.66. The number of anilines is 1. The Morgan fingerprint density at radius 3 is 2.47 bits per heavy atom. The standard InChI is InChI=1S/C27H38N4S/c1-6-29(7-2)16-11-17-31(27(32)28-25-18-21(4)14-15-22(25)5)20-23-19-30(8-3)26-13-10-9-12-24(23)26/h9-10,12-15,18-19H,6-8,11,16-17,20H2,1-5H3,(H,28,32). The van der Waals surface area contributed by atoms with Gasteiger partial charge < -0.3 is 19.7 Å². The minimum Gasteiger partial charge on any atom is -0.347 e. The molecular weight excluding hydrogens is 412 g/mol. The Hall–Kier alpha value is -2.37. The molecule has 5 heteroatoms. The predicted octanol–water partition coefficient (Wildman–Crippen LogP) is 6.21. The zero-order chi connectivity index (χ0) is 23.1. The van der Waals surface area contributed by atoms with Gasteiger partial charge in [-0.15, -0.1) is 0 Å².